The summed E-state index contributed by atoms with van der Waals surface area (Å²) in [7, 11) is 0. The molecule has 0 aliphatic rings. The lowest BCUT2D eigenvalue weighted by atomic mass is 9.92. The van der Waals surface area contributed by atoms with Crippen LogP contribution in [0, 0.1) is 13.8 Å². The average molecular weight is 631 g/mol. The van der Waals surface area contributed by atoms with Gasteiger partial charge < -0.3 is 39.8 Å². The van der Waals surface area contributed by atoms with Gasteiger partial charge in [0.2, 0.25) is 23.5 Å². The van der Waals surface area contributed by atoms with E-state index in [4.69, 9.17) is 29.2 Å². The van der Waals surface area contributed by atoms with Gasteiger partial charge in [0, 0.05) is 49.4 Å². The summed E-state index contributed by atoms with van der Waals surface area (Å²) in [6.45, 7) is 12.0. The van der Waals surface area contributed by atoms with Gasteiger partial charge in [-0.15, -0.1) is 0 Å². The Hall–Kier alpha value is -4.22. The predicted molar refractivity (Wildman–Crippen MR) is 178 cm³/mol. The minimum atomic E-state index is 0.0716. The number of nitrogens with zero attached hydrogens (tertiary/aromatic N) is 2. The molecule has 10 nitrogen and oxygen atoms in total. The molecular weight excluding hydrogens is 584 g/mol. The molecule has 0 fully saturated rings. The molecule has 0 unspecified atom stereocenters. The van der Waals surface area contributed by atoms with E-state index < -0.39 is 0 Å². The molecule has 2 aromatic heterocycles. The van der Waals surface area contributed by atoms with Gasteiger partial charge in [-0.25, -0.2) is 0 Å². The van der Waals surface area contributed by atoms with Crippen molar-refractivity contribution in [2.75, 3.05) is 39.5 Å². The smallest absolute Gasteiger partial charge is 0.221 e. The number of nitrogens with one attached hydrogen (secondary N) is 2. The minimum Gasteiger partial charge on any atom is -0.478 e. The van der Waals surface area contributed by atoms with E-state index in [2.05, 4.69) is 70.8 Å². The molecule has 4 N–H and O–H groups in total. The highest BCUT2D eigenvalue weighted by Crippen LogP contribution is 2.31. The van der Waals surface area contributed by atoms with Crippen molar-refractivity contribution in [2.24, 2.45) is 0 Å². The largest absolute Gasteiger partial charge is 0.478 e. The van der Waals surface area contributed by atoms with Crippen LogP contribution in [0.15, 0.2) is 60.7 Å². The molecule has 0 bridgehead atoms. The van der Waals surface area contributed by atoms with Crippen LogP contribution in [-0.2, 0) is 26.3 Å². The molecule has 0 atom stereocenters. The molecule has 0 aliphatic carbocycles. The van der Waals surface area contributed by atoms with E-state index in [-0.39, 0.29) is 13.2 Å². The molecule has 2 aromatic carbocycles. The molecule has 0 amide bonds. The molecule has 246 valence electrons. The Morgan fingerprint density at radius 3 is 1.39 bits per heavy atom. The van der Waals surface area contributed by atoms with Crippen molar-refractivity contribution in [3.05, 3.63) is 94.0 Å². The molecule has 2 heterocycles. The molecular formula is C36H46N4O6. The third-order valence-electron chi connectivity index (χ3n) is 7.53. The van der Waals surface area contributed by atoms with Gasteiger partial charge in [0.05, 0.1) is 26.4 Å². The van der Waals surface area contributed by atoms with E-state index in [0.29, 0.717) is 76.1 Å². The van der Waals surface area contributed by atoms with Crippen molar-refractivity contribution in [2.45, 2.75) is 54.0 Å². The van der Waals surface area contributed by atoms with Gasteiger partial charge in [-0.1, -0.05) is 36.4 Å². The highest BCUT2D eigenvalue weighted by Gasteiger charge is 2.14. The molecule has 4 aromatic rings. The Morgan fingerprint density at radius 2 is 1.00 bits per heavy atom. The van der Waals surface area contributed by atoms with Gasteiger partial charge in [-0.05, 0) is 73.2 Å². The number of hydrogen-bond acceptors (Lipinski definition) is 10. The summed E-state index contributed by atoms with van der Waals surface area (Å²) in [5, 5.41) is 24.4. The van der Waals surface area contributed by atoms with Crippen molar-refractivity contribution in [1.82, 2.24) is 20.6 Å². The van der Waals surface area contributed by atoms with Crippen molar-refractivity contribution in [1.29, 1.82) is 0 Å². The first kappa shape index (κ1) is 34.6. The lowest BCUT2D eigenvalue weighted by molar-refractivity contribution is 0.274. The number of pyridine rings is 2. The van der Waals surface area contributed by atoms with Crippen LogP contribution in [0.2, 0.25) is 0 Å². The van der Waals surface area contributed by atoms with Crippen molar-refractivity contribution >= 4 is 0 Å². The summed E-state index contributed by atoms with van der Waals surface area (Å²) in [5.41, 5.74) is 8.47. The highest BCUT2D eigenvalue weighted by atomic mass is 16.5. The molecule has 10 heteroatoms. The summed E-state index contributed by atoms with van der Waals surface area (Å²) < 4.78 is 23.8. The monoisotopic (exact) mass is 630 g/mol. The second-order valence-electron chi connectivity index (χ2n) is 10.7. The number of aliphatic hydroxyl groups excluding tert-OH is 2. The van der Waals surface area contributed by atoms with Crippen molar-refractivity contribution in [3.63, 3.8) is 0 Å². The second kappa shape index (κ2) is 18.1. The zero-order valence-corrected chi connectivity index (χ0v) is 27.3. The van der Waals surface area contributed by atoms with Crippen LogP contribution in [-0.4, -0.2) is 59.7 Å². The van der Waals surface area contributed by atoms with Gasteiger partial charge in [0.15, 0.2) is 0 Å². The van der Waals surface area contributed by atoms with E-state index in [0.717, 1.165) is 44.5 Å². The summed E-state index contributed by atoms with van der Waals surface area (Å²) in [6.07, 6.45) is 0. The normalized spacial score (nSPS) is 11.0. The topological polar surface area (TPSA) is 127 Å². The zero-order valence-electron chi connectivity index (χ0n) is 27.3. The first-order valence-electron chi connectivity index (χ1n) is 15.8. The standard InChI is InChI=1S/C36H46N4O6/c1-5-43-35-27(21-37-17-19-41)13-15-33(39-35)45-23-29-9-7-11-31(25(29)3)32-12-8-10-30(26(32)4)24-46-34-16-14-28(22-38-18-20-42)36(40-34)44-6-2/h7-16,37-38,41-42H,5-6,17-24H2,1-4H3. The number of rotatable bonds is 19. The van der Waals surface area contributed by atoms with Gasteiger partial charge in [0.25, 0.3) is 0 Å². The quantitative estimate of drug-likeness (QED) is 0.107. The van der Waals surface area contributed by atoms with Gasteiger partial charge in [0.1, 0.15) is 13.2 Å². The van der Waals surface area contributed by atoms with Gasteiger partial charge >= 0.3 is 0 Å². The zero-order chi connectivity index (χ0) is 32.7. The maximum atomic E-state index is 9.06. The first-order valence-corrected chi connectivity index (χ1v) is 15.8. The van der Waals surface area contributed by atoms with E-state index >= 15 is 0 Å². The minimum absolute atomic E-state index is 0.0716. The van der Waals surface area contributed by atoms with Crippen LogP contribution in [0.25, 0.3) is 11.1 Å². The van der Waals surface area contributed by atoms with Crippen molar-refractivity contribution in [3.8, 4) is 34.6 Å². The summed E-state index contributed by atoms with van der Waals surface area (Å²) in [6, 6.07) is 20.1. The lowest BCUT2D eigenvalue weighted by Gasteiger charge is -2.17. The molecule has 4 rings (SSSR count). The van der Waals surface area contributed by atoms with E-state index in [1.807, 2.05) is 38.1 Å². The highest BCUT2D eigenvalue weighted by molar-refractivity contribution is 5.72. The molecule has 46 heavy (non-hydrogen) atoms. The summed E-state index contributed by atoms with van der Waals surface area (Å²) in [5.74, 6) is 2.04. The third-order valence-corrected chi connectivity index (χ3v) is 7.53. The fourth-order valence-corrected chi connectivity index (χ4v) is 5.03. The molecule has 0 aliphatic heterocycles. The van der Waals surface area contributed by atoms with Crippen LogP contribution < -0.4 is 29.6 Å². The number of aromatic nitrogens is 2. The van der Waals surface area contributed by atoms with E-state index in [1.54, 1.807) is 0 Å². The predicted octanol–water partition coefficient (Wildman–Crippen LogP) is 4.88. The Labute approximate surface area is 271 Å². The molecule has 0 saturated heterocycles. The van der Waals surface area contributed by atoms with Crippen LogP contribution in [0.1, 0.15) is 47.2 Å². The molecule has 0 spiro atoms. The Morgan fingerprint density at radius 1 is 0.565 bits per heavy atom. The Kier molecular flexibility index (Phi) is 13.6. The Bertz CT molecular complexity index is 1430. The van der Waals surface area contributed by atoms with E-state index in [1.165, 1.54) is 0 Å². The SMILES string of the molecule is CCOc1nc(OCc2cccc(-c3cccc(COc4ccc(CNCCO)c(OCC)n4)c3C)c2C)ccc1CNCCO. The van der Waals surface area contributed by atoms with Crippen LogP contribution in [0.5, 0.6) is 23.5 Å². The van der Waals surface area contributed by atoms with Crippen LogP contribution >= 0.6 is 0 Å². The maximum absolute atomic E-state index is 9.06. The number of ether oxygens (including phenoxy) is 4. The third kappa shape index (κ3) is 9.40. The lowest BCUT2D eigenvalue weighted by Crippen LogP contribution is -2.18. The summed E-state index contributed by atoms with van der Waals surface area (Å²) >= 11 is 0. The first-order chi connectivity index (χ1) is 22.5. The fourth-order valence-electron chi connectivity index (χ4n) is 5.03. The number of aliphatic hydroxyl groups is 2. The van der Waals surface area contributed by atoms with Crippen molar-refractivity contribution < 1.29 is 29.2 Å². The summed E-state index contributed by atoms with van der Waals surface area (Å²) in [4.78, 5) is 9.18. The van der Waals surface area contributed by atoms with E-state index in [9.17, 15) is 0 Å². The number of hydrogen-bond donors (Lipinski definition) is 4. The second-order valence-corrected chi connectivity index (χ2v) is 10.7. The number of benzene rings is 2. The van der Waals surface area contributed by atoms with Gasteiger partial charge in [-0.3, -0.25) is 0 Å². The fraction of sp³-hybridized carbons (Fsp3) is 0.389. The van der Waals surface area contributed by atoms with Crippen LogP contribution in [0.3, 0.4) is 0 Å². The molecule has 0 saturated carbocycles. The molecule has 0 radical (unpaired) electrons. The van der Waals surface area contributed by atoms with Crippen LogP contribution in [0.4, 0.5) is 0 Å². The average Bonchev–Trinajstić information content (AvgIpc) is 3.06. The van der Waals surface area contributed by atoms with Gasteiger partial charge in [-0.2, -0.15) is 9.97 Å². The maximum Gasteiger partial charge on any atom is 0.221 e. The Balaban J connectivity index is 1.47.